The van der Waals surface area contributed by atoms with E-state index in [2.05, 4.69) is 6.07 Å². The summed E-state index contributed by atoms with van der Waals surface area (Å²) in [5.41, 5.74) is 3.52. The monoisotopic (exact) mass is 352 g/mol. The number of nitriles is 1. The van der Waals surface area contributed by atoms with Gasteiger partial charge < -0.3 is 14.4 Å². The molecule has 0 bridgehead atoms. The third-order valence-corrected chi connectivity index (χ3v) is 4.20. The number of amides is 1. The van der Waals surface area contributed by atoms with E-state index >= 15 is 0 Å². The number of anilines is 1. The lowest BCUT2D eigenvalue weighted by Crippen LogP contribution is -2.32. The van der Waals surface area contributed by atoms with Crippen molar-refractivity contribution in [3.63, 3.8) is 0 Å². The van der Waals surface area contributed by atoms with Crippen LogP contribution in [0, 0.1) is 25.2 Å². The molecule has 0 spiro atoms. The molecule has 5 nitrogen and oxygen atoms in total. The number of carbonyl (C=O) groups excluding carboxylic acids is 1. The van der Waals surface area contributed by atoms with Gasteiger partial charge in [-0.3, -0.25) is 4.79 Å². The lowest BCUT2D eigenvalue weighted by atomic mass is 10.1. The number of ether oxygens (including phenoxy) is 2. The Hall–Kier alpha value is -3.00. The van der Waals surface area contributed by atoms with Crippen molar-refractivity contribution in [1.29, 1.82) is 5.26 Å². The van der Waals surface area contributed by atoms with Crippen LogP contribution in [0.1, 0.15) is 34.8 Å². The average molecular weight is 352 g/mol. The number of hydrogen-bond donors (Lipinski definition) is 0. The Bertz CT molecular complexity index is 824. The first-order valence-electron chi connectivity index (χ1n) is 8.58. The van der Waals surface area contributed by atoms with Crippen LogP contribution in [0.3, 0.4) is 0 Å². The minimum atomic E-state index is -0.176. The van der Waals surface area contributed by atoms with Crippen LogP contribution in [0.15, 0.2) is 36.4 Å². The van der Waals surface area contributed by atoms with Gasteiger partial charge >= 0.3 is 0 Å². The number of methoxy groups -OCH3 is 1. The van der Waals surface area contributed by atoms with E-state index in [0.717, 1.165) is 16.8 Å². The number of carbonyl (C=O) groups is 1. The SMILES string of the molecule is CCOc1ccc(C(=O)N(CCC#N)c2ccc(C)c(C)c2)cc1OC. The van der Waals surface area contributed by atoms with Crippen molar-refractivity contribution in [3.8, 4) is 17.6 Å². The van der Waals surface area contributed by atoms with E-state index in [0.29, 0.717) is 30.2 Å². The van der Waals surface area contributed by atoms with Gasteiger partial charge in [0.05, 0.1) is 26.2 Å². The molecule has 0 unspecified atom stereocenters. The molecule has 2 aromatic rings. The van der Waals surface area contributed by atoms with E-state index in [1.165, 1.54) is 0 Å². The number of benzene rings is 2. The largest absolute Gasteiger partial charge is 0.493 e. The summed E-state index contributed by atoms with van der Waals surface area (Å²) < 4.78 is 10.9. The molecule has 0 saturated carbocycles. The zero-order valence-corrected chi connectivity index (χ0v) is 15.7. The van der Waals surface area contributed by atoms with Crippen molar-refractivity contribution in [2.75, 3.05) is 25.2 Å². The van der Waals surface area contributed by atoms with E-state index in [4.69, 9.17) is 14.7 Å². The molecular formula is C21H24N2O3. The molecule has 0 aliphatic carbocycles. The second-order valence-corrected chi connectivity index (χ2v) is 5.93. The Morgan fingerprint density at radius 2 is 1.88 bits per heavy atom. The molecule has 0 aliphatic rings. The maximum absolute atomic E-state index is 13.1. The second kappa shape index (κ2) is 8.91. The van der Waals surface area contributed by atoms with Crippen LogP contribution in [0.4, 0.5) is 5.69 Å². The first-order valence-corrected chi connectivity index (χ1v) is 8.58. The van der Waals surface area contributed by atoms with Crippen LogP contribution >= 0.6 is 0 Å². The molecule has 0 radical (unpaired) electrons. The summed E-state index contributed by atoms with van der Waals surface area (Å²) in [6.07, 6.45) is 0.257. The number of rotatable bonds is 7. The third kappa shape index (κ3) is 4.34. The molecule has 2 rings (SSSR count). The first-order chi connectivity index (χ1) is 12.5. The van der Waals surface area contributed by atoms with Gasteiger partial charge in [-0.15, -0.1) is 0 Å². The molecule has 0 saturated heterocycles. The van der Waals surface area contributed by atoms with E-state index in [9.17, 15) is 4.79 Å². The van der Waals surface area contributed by atoms with Crippen LogP contribution in [0.2, 0.25) is 0 Å². The minimum Gasteiger partial charge on any atom is -0.493 e. The maximum atomic E-state index is 13.1. The highest BCUT2D eigenvalue weighted by atomic mass is 16.5. The highest BCUT2D eigenvalue weighted by Gasteiger charge is 2.20. The second-order valence-electron chi connectivity index (χ2n) is 5.93. The molecule has 0 N–H and O–H groups in total. The topological polar surface area (TPSA) is 62.6 Å². The summed E-state index contributed by atoms with van der Waals surface area (Å²) in [5, 5.41) is 8.97. The molecule has 1 amide bonds. The quantitative estimate of drug-likeness (QED) is 0.746. The van der Waals surface area contributed by atoms with Gasteiger partial charge in [0, 0.05) is 17.8 Å². The lowest BCUT2D eigenvalue weighted by molar-refractivity contribution is 0.0987. The molecule has 5 heteroatoms. The van der Waals surface area contributed by atoms with Crippen molar-refractivity contribution in [3.05, 3.63) is 53.1 Å². The highest BCUT2D eigenvalue weighted by Crippen LogP contribution is 2.29. The molecule has 136 valence electrons. The standard InChI is InChI=1S/C21H24N2O3/c1-5-26-19-10-8-17(14-20(19)25-4)21(24)23(12-6-11-22)18-9-7-15(2)16(3)13-18/h7-10,13-14H,5-6,12H2,1-4H3. The van der Waals surface area contributed by atoms with E-state index in [-0.39, 0.29) is 12.3 Å². The van der Waals surface area contributed by atoms with Crippen molar-refractivity contribution in [1.82, 2.24) is 0 Å². The van der Waals surface area contributed by atoms with Crippen LogP contribution in [-0.4, -0.2) is 26.2 Å². The van der Waals surface area contributed by atoms with Crippen LogP contribution in [0.5, 0.6) is 11.5 Å². The van der Waals surface area contributed by atoms with E-state index < -0.39 is 0 Å². The van der Waals surface area contributed by atoms with Gasteiger partial charge in [0.2, 0.25) is 0 Å². The van der Waals surface area contributed by atoms with Gasteiger partial charge in [-0.25, -0.2) is 0 Å². The van der Waals surface area contributed by atoms with Crippen LogP contribution in [-0.2, 0) is 0 Å². The summed E-state index contributed by atoms with van der Waals surface area (Å²) in [4.78, 5) is 14.7. The normalized spacial score (nSPS) is 10.1. The summed E-state index contributed by atoms with van der Waals surface area (Å²) in [6, 6.07) is 13.1. The fourth-order valence-electron chi connectivity index (χ4n) is 2.63. The summed E-state index contributed by atoms with van der Waals surface area (Å²) in [5.74, 6) is 0.934. The maximum Gasteiger partial charge on any atom is 0.258 e. The van der Waals surface area contributed by atoms with Crippen LogP contribution < -0.4 is 14.4 Å². The highest BCUT2D eigenvalue weighted by molar-refractivity contribution is 6.06. The first kappa shape index (κ1) is 19.3. The van der Waals surface area contributed by atoms with Crippen molar-refractivity contribution >= 4 is 11.6 Å². The van der Waals surface area contributed by atoms with Gasteiger partial charge in [-0.05, 0) is 62.2 Å². The number of hydrogen-bond acceptors (Lipinski definition) is 4. The molecule has 26 heavy (non-hydrogen) atoms. The summed E-state index contributed by atoms with van der Waals surface area (Å²) in [6.45, 7) is 6.76. The van der Waals surface area contributed by atoms with Crippen LogP contribution in [0.25, 0.3) is 0 Å². The fraction of sp³-hybridized carbons (Fsp3) is 0.333. The van der Waals surface area contributed by atoms with Crippen molar-refractivity contribution in [2.24, 2.45) is 0 Å². The van der Waals surface area contributed by atoms with E-state index in [1.807, 2.05) is 39.0 Å². The van der Waals surface area contributed by atoms with Crippen molar-refractivity contribution < 1.29 is 14.3 Å². The molecule has 2 aromatic carbocycles. The number of nitrogens with zero attached hydrogens (tertiary/aromatic N) is 2. The average Bonchev–Trinajstić information content (AvgIpc) is 2.65. The molecule has 0 heterocycles. The Morgan fingerprint density at radius 1 is 1.12 bits per heavy atom. The zero-order valence-electron chi connectivity index (χ0n) is 15.7. The Kier molecular flexibility index (Phi) is 6.62. The molecule has 0 aliphatic heterocycles. The molecule has 0 aromatic heterocycles. The Balaban J connectivity index is 2.40. The summed E-state index contributed by atoms with van der Waals surface area (Å²) >= 11 is 0. The summed E-state index contributed by atoms with van der Waals surface area (Å²) in [7, 11) is 1.54. The van der Waals surface area contributed by atoms with Crippen molar-refractivity contribution in [2.45, 2.75) is 27.2 Å². The van der Waals surface area contributed by atoms with Gasteiger partial charge in [-0.2, -0.15) is 5.26 Å². The lowest BCUT2D eigenvalue weighted by Gasteiger charge is -2.23. The predicted octanol–water partition coefficient (Wildman–Crippen LogP) is 4.27. The third-order valence-electron chi connectivity index (χ3n) is 4.20. The Morgan fingerprint density at radius 3 is 2.50 bits per heavy atom. The fourth-order valence-corrected chi connectivity index (χ4v) is 2.63. The molecule has 0 atom stereocenters. The molecule has 0 fully saturated rings. The molecular weight excluding hydrogens is 328 g/mol. The zero-order chi connectivity index (χ0) is 19.1. The van der Waals surface area contributed by atoms with Gasteiger partial charge in [0.1, 0.15) is 0 Å². The predicted molar refractivity (Wildman–Crippen MR) is 102 cm³/mol. The van der Waals surface area contributed by atoms with E-state index in [1.54, 1.807) is 30.2 Å². The Labute approximate surface area is 154 Å². The van der Waals surface area contributed by atoms with Gasteiger partial charge in [0.25, 0.3) is 5.91 Å². The minimum absolute atomic E-state index is 0.176. The smallest absolute Gasteiger partial charge is 0.258 e. The van der Waals surface area contributed by atoms with Gasteiger partial charge in [-0.1, -0.05) is 6.07 Å². The number of aryl methyl sites for hydroxylation is 2. The van der Waals surface area contributed by atoms with Gasteiger partial charge in [0.15, 0.2) is 11.5 Å².